The van der Waals surface area contributed by atoms with Crippen LogP contribution in [-0.2, 0) is 11.2 Å². The maximum atomic E-state index is 11.8. The molecule has 1 aliphatic rings. The lowest BCUT2D eigenvalue weighted by Crippen LogP contribution is -2.37. The van der Waals surface area contributed by atoms with E-state index in [-0.39, 0.29) is 5.91 Å². The monoisotopic (exact) mass is 246 g/mol. The van der Waals surface area contributed by atoms with E-state index in [1.807, 2.05) is 6.07 Å². The van der Waals surface area contributed by atoms with E-state index in [1.165, 1.54) is 24.0 Å². The molecule has 1 amide bonds. The number of carbonyl (C=O) groups excluding carboxylic acids is 1. The normalized spacial score (nSPS) is 18.9. The first kappa shape index (κ1) is 13.1. The van der Waals surface area contributed by atoms with Crippen molar-refractivity contribution in [2.45, 2.75) is 39.2 Å². The molecule has 1 aromatic rings. The highest BCUT2D eigenvalue weighted by Crippen LogP contribution is 2.10. The summed E-state index contributed by atoms with van der Waals surface area (Å²) in [6, 6.07) is 6.68. The predicted molar refractivity (Wildman–Crippen MR) is 73.7 cm³/mol. The first-order valence-electron chi connectivity index (χ1n) is 6.71. The lowest BCUT2D eigenvalue weighted by Gasteiger charge is -2.11. The second-order valence-corrected chi connectivity index (χ2v) is 5.19. The van der Waals surface area contributed by atoms with Gasteiger partial charge in [0.25, 0.3) is 0 Å². The Morgan fingerprint density at radius 2 is 2.22 bits per heavy atom. The molecular formula is C15H22N2O. The highest BCUT2D eigenvalue weighted by atomic mass is 16.1. The first-order chi connectivity index (χ1) is 8.65. The fourth-order valence-corrected chi connectivity index (χ4v) is 2.33. The molecule has 0 saturated carbocycles. The quantitative estimate of drug-likeness (QED) is 0.849. The third-order valence-corrected chi connectivity index (χ3v) is 3.64. The largest absolute Gasteiger partial charge is 0.354 e. The minimum atomic E-state index is 0.118. The summed E-state index contributed by atoms with van der Waals surface area (Å²) in [7, 11) is 0. The molecule has 0 aliphatic carbocycles. The molecule has 0 bridgehead atoms. The van der Waals surface area contributed by atoms with E-state index in [4.69, 9.17) is 0 Å². The van der Waals surface area contributed by atoms with Crippen molar-refractivity contribution < 1.29 is 4.79 Å². The van der Waals surface area contributed by atoms with Gasteiger partial charge in [-0.15, -0.1) is 0 Å². The summed E-state index contributed by atoms with van der Waals surface area (Å²) < 4.78 is 0. The number of hydrogen-bond acceptors (Lipinski definition) is 2. The number of rotatable bonds is 4. The molecule has 0 radical (unpaired) electrons. The van der Waals surface area contributed by atoms with Gasteiger partial charge >= 0.3 is 0 Å². The molecule has 1 unspecified atom stereocenters. The highest BCUT2D eigenvalue weighted by Gasteiger charge is 2.14. The number of aryl methyl sites for hydroxylation is 2. The lowest BCUT2D eigenvalue weighted by atomic mass is 10.0. The molecule has 2 rings (SSSR count). The standard InChI is InChI=1S/C15H22N2O/c1-11-5-6-13(8-12(11)2)9-15(18)17-10-14-4-3-7-16-14/h5-6,8,14,16H,3-4,7,9-10H2,1-2H3,(H,17,18). The summed E-state index contributed by atoms with van der Waals surface area (Å²) in [6.45, 7) is 6.01. The Morgan fingerprint density at radius 3 is 2.89 bits per heavy atom. The fraction of sp³-hybridized carbons (Fsp3) is 0.533. The predicted octanol–water partition coefficient (Wildman–Crippen LogP) is 1.71. The molecule has 98 valence electrons. The SMILES string of the molecule is Cc1ccc(CC(=O)NCC2CCCN2)cc1C. The van der Waals surface area contributed by atoms with Gasteiger partial charge in [0.1, 0.15) is 0 Å². The van der Waals surface area contributed by atoms with Crippen molar-refractivity contribution in [1.82, 2.24) is 10.6 Å². The molecule has 2 N–H and O–H groups in total. The summed E-state index contributed by atoms with van der Waals surface area (Å²) in [4.78, 5) is 11.8. The van der Waals surface area contributed by atoms with Gasteiger partial charge in [-0.3, -0.25) is 4.79 Å². The number of nitrogens with one attached hydrogen (secondary N) is 2. The average molecular weight is 246 g/mol. The second kappa shape index (κ2) is 6.01. The van der Waals surface area contributed by atoms with Crippen LogP contribution >= 0.6 is 0 Å². The summed E-state index contributed by atoms with van der Waals surface area (Å²) in [5, 5.41) is 6.38. The van der Waals surface area contributed by atoms with E-state index in [0.29, 0.717) is 12.5 Å². The van der Waals surface area contributed by atoms with Gasteiger partial charge in [-0.25, -0.2) is 0 Å². The van der Waals surface area contributed by atoms with Gasteiger partial charge in [0.05, 0.1) is 6.42 Å². The van der Waals surface area contributed by atoms with Crippen molar-refractivity contribution in [1.29, 1.82) is 0 Å². The van der Waals surface area contributed by atoms with Crippen LogP contribution in [0, 0.1) is 13.8 Å². The van der Waals surface area contributed by atoms with Gasteiger partial charge in [-0.05, 0) is 49.9 Å². The smallest absolute Gasteiger partial charge is 0.224 e. The van der Waals surface area contributed by atoms with Crippen molar-refractivity contribution >= 4 is 5.91 Å². The second-order valence-electron chi connectivity index (χ2n) is 5.19. The Bertz CT molecular complexity index is 423. The van der Waals surface area contributed by atoms with Crippen LogP contribution < -0.4 is 10.6 Å². The van der Waals surface area contributed by atoms with Crippen LogP contribution in [0.15, 0.2) is 18.2 Å². The number of hydrogen-bond donors (Lipinski definition) is 2. The molecule has 1 aliphatic heterocycles. The van der Waals surface area contributed by atoms with Crippen molar-refractivity contribution in [3.8, 4) is 0 Å². The van der Waals surface area contributed by atoms with Crippen molar-refractivity contribution in [2.75, 3.05) is 13.1 Å². The van der Waals surface area contributed by atoms with Gasteiger partial charge in [0.2, 0.25) is 5.91 Å². The molecule has 1 atom stereocenters. The van der Waals surface area contributed by atoms with E-state index in [9.17, 15) is 4.79 Å². The van der Waals surface area contributed by atoms with E-state index in [1.54, 1.807) is 0 Å². The topological polar surface area (TPSA) is 41.1 Å². The third-order valence-electron chi connectivity index (χ3n) is 3.64. The zero-order valence-corrected chi connectivity index (χ0v) is 11.3. The summed E-state index contributed by atoms with van der Waals surface area (Å²) in [5.41, 5.74) is 3.61. The maximum absolute atomic E-state index is 11.8. The van der Waals surface area contributed by atoms with Gasteiger partial charge in [0, 0.05) is 12.6 Å². The minimum Gasteiger partial charge on any atom is -0.354 e. The van der Waals surface area contributed by atoms with E-state index in [0.717, 1.165) is 18.7 Å². The van der Waals surface area contributed by atoms with Crippen LogP contribution in [-0.4, -0.2) is 25.0 Å². The van der Waals surface area contributed by atoms with Crippen LogP contribution in [0.5, 0.6) is 0 Å². The Hall–Kier alpha value is -1.35. The lowest BCUT2D eigenvalue weighted by molar-refractivity contribution is -0.120. The molecule has 3 heteroatoms. The molecule has 0 aromatic heterocycles. The molecule has 1 saturated heterocycles. The van der Waals surface area contributed by atoms with Crippen LogP contribution in [0.4, 0.5) is 0 Å². The average Bonchev–Trinajstić information content (AvgIpc) is 2.84. The van der Waals surface area contributed by atoms with Crippen LogP contribution in [0.25, 0.3) is 0 Å². The maximum Gasteiger partial charge on any atom is 0.224 e. The molecule has 3 nitrogen and oxygen atoms in total. The van der Waals surface area contributed by atoms with Gasteiger partial charge in [0.15, 0.2) is 0 Å². The molecule has 0 spiro atoms. The van der Waals surface area contributed by atoms with Gasteiger partial charge in [-0.1, -0.05) is 18.2 Å². The third kappa shape index (κ3) is 3.57. The number of benzene rings is 1. The van der Waals surface area contributed by atoms with Crippen LogP contribution in [0.3, 0.4) is 0 Å². The zero-order valence-electron chi connectivity index (χ0n) is 11.3. The van der Waals surface area contributed by atoms with Crippen LogP contribution in [0.1, 0.15) is 29.5 Å². The Labute approximate surface area is 109 Å². The fourth-order valence-electron chi connectivity index (χ4n) is 2.33. The molecule has 1 aromatic carbocycles. The summed E-state index contributed by atoms with van der Waals surface area (Å²) in [6.07, 6.45) is 2.87. The zero-order chi connectivity index (χ0) is 13.0. The Kier molecular flexibility index (Phi) is 4.37. The van der Waals surface area contributed by atoms with Gasteiger partial charge < -0.3 is 10.6 Å². The number of amides is 1. The van der Waals surface area contributed by atoms with Crippen molar-refractivity contribution in [3.63, 3.8) is 0 Å². The minimum absolute atomic E-state index is 0.118. The molecule has 1 heterocycles. The number of carbonyl (C=O) groups is 1. The van der Waals surface area contributed by atoms with Crippen molar-refractivity contribution in [3.05, 3.63) is 34.9 Å². The molecular weight excluding hydrogens is 224 g/mol. The molecule has 1 fully saturated rings. The van der Waals surface area contributed by atoms with Gasteiger partial charge in [-0.2, -0.15) is 0 Å². The van der Waals surface area contributed by atoms with E-state index >= 15 is 0 Å². The van der Waals surface area contributed by atoms with Crippen LogP contribution in [0.2, 0.25) is 0 Å². The highest BCUT2D eigenvalue weighted by molar-refractivity contribution is 5.78. The van der Waals surface area contributed by atoms with E-state index < -0.39 is 0 Å². The summed E-state index contributed by atoms with van der Waals surface area (Å²) in [5.74, 6) is 0.118. The molecule has 18 heavy (non-hydrogen) atoms. The first-order valence-corrected chi connectivity index (χ1v) is 6.71. The summed E-state index contributed by atoms with van der Waals surface area (Å²) >= 11 is 0. The van der Waals surface area contributed by atoms with E-state index in [2.05, 4.69) is 36.6 Å². The van der Waals surface area contributed by atoms with Crippen molar-refractivity contribution in [2.24, 2.45) is 0 Å². The Morgan fingerprint density at radius 1 is 1.39 bits per heavy atom. The Balaban J connectivity index is 1.80.